The first-order valence-corrected chi connectivity index (χ1v) is 7.36. The van der Waals surface area contributed by atoms with Gasteiger partial charge < -0.3 is 14.8 Å². The first-order chi connectivity index (χ1) is 9.29. The van der Waals surface area contributed by atoms with Gasteiger partial charge in [-0.15, -0.1) is 0 Å². The number of rotatable bonds is 7. The fraction of sp³-hybridized carbons (Fsp3) is 0.625. The largest absolute Gasteiger partial charge is 0.494 e. The van der Waals surface area contributed by atoms with Crippen LogP contribution in [0.15, 0.2) is 24.3 Å². The summed E-state index contributed by atoms with van der Waals surface area (Å²) >= 11 is 0. The molecule has 1 aromatic carbocycles. The van der Waals surface area contributed by atoms with Gasteiger partial charge in [0.1, 0.15) is 5.75 Å². The Morgan fingerprint density at radius 1 is 1.32 bits per heavy atom. The van der Waals surface area contributed by atoms with Crippen LogP contribution in [0.4, 0.5) is 0 Å². The third-order valence-electron chi connectivity index (χ3n) is 3.63. The zero-order valence-electron chi connectivity index (χ0n) is 12.0. The van der Waals surface area contributed by atoms with Crippen LogP contribution in [-0.4, -0.2) is 25.4 Å². The SMILES string of the molecule is CCCCOc1ccc(CNC2CCOC2C)cc1. The van der Waals surface area contributed by atoms with E-state index < -0.39 is 0 Å². The third kappa shape index (κ3) is 4.51. The summed E-state index contributed by atoms with van der Waals surface area (Å²) in [5.41, 5.74) is 1.29. The molecule has 0 aliphatic carbocycles. The number of hydrogen-bond donors (Lipinski definition) is 1. The molecule has 2 rings (SSSR count). The summed E-state index contributed by atoms with van der Waals surface area (Å²) in [4.78, 5) is 0. The molecule has 1 N–H and O–H groups in total. The van der Waals surface area contributed by atoms with Gasteiger partial charge in [-0.3, -0.25) is 0 Å². The van der Waals surface area contributed by atoms with Crippen LogP contribution in [0.3, 0.4) is 0 Å². The van der Waals surface area contributed by atoms with Gasteiger partial charge in [0, 0.05) is 19.2 Å². The molecule has 19 heavy (non-hydrogen) atoms. The van der Waals surface area contributed by atoms with Crippen LogP contribution in [0.2, 0.25) is 0 Å². The molecule has 0 bridgehead atoms. The molecular formula is C16H25NO2. The fourth-order valence-corrected chi connectivity index (χ4v) is 2.29. The Bertz CT molecular complexity index is 364. The van der Waals surface area contributed by atoms with E-state index in [1.807, 2.05) is 0 Å². The molecule has 1 saturated heterocycles. The Balaban J connectivity index is 1.75. The quantitative estimate of drug-likeness (QED) is 0.767. The molecule has 0 spiro atoms. The average molecular weight is 263 g/mol. The first kappa shape index (κ1) is 14.4. The van der Waals surface area contributed by atoms with Crippen LogP contribution in [0.5, 0.6) is 5.75 Å². The zero-order chi connectivity index (χ0) is 13.5. The summed E-state index contributed by atoms with van der Waals surface area (Å²) in [6.45, 7) is 6.89. The Hall–Kier alpha value is -1.06. The highest BCUT2D eigenvalue weighted by molar-refractivity contribution is 5.27. The van der Waals surface area contributed by atoms with Crippen molar-refractivity contribution in [2.75, 3.05) is 13.2 Å². The normalized spacial score (nSPS) is 22.6. The number of benzene rings is 1. The Kier molecular flexibility index (Phi) is 5.67. The Labute approximate surface area is 116 Å². The van der Waals surface area contributed by atoms with Crippen molar-refractivity contribution in [1.29, 1.82) is 0 Å². The molecule has 0 saturated carbocycles. The second-order valence-electron chi connectivity index (χ2n) is 5.20. The smallest absolute Gasteiger partial charge is 0.119 e. The zero-order valence-corrected chi connectivity index (χ0v) is 12.0. The van der Waals surface area contributed by atoms with E-state index in [2.05, 4.69) is 43.4 Å². The molecule has 3 nitrogen and oxygen atoms in total. The second kappa shape index (κ2) is 7.51. The molecule has 2 atom stereocenters. The van der Waals surface area contributed by atoms with Gasteiger partial charge in [-0.25, -0.2) is 0 Å². The monoisotopic (exact) mass is 263 g/mol. The molecule has 1 aromatic rings. The standard InChI is InChI=1S/C16H25NO2/c1-3-4-10-19-15-7-5-14(6-8-15)12-17-16-9-11-18-13(16)2/h5-8,13,16-17H,3-4,9-12H2,1-2H3. The maximum atomic E-state index is 5.66. The Morgan fingerprint density at radius 2 is 2.11 bits per heavy atom. The van der Waals surface area contributed by atoms with Gasteiger partial charge in [-0.05, 0) is 37.5 Å². The summed E-state index contributed by atoms with van der Waals surface area (Å²) in [5, 5.41) is 3.55. The molecule has 2 unspecified atom stereocenters. The highest BCUT2D eigenvalue weighted by atomic mass is 16.5. The minimum absolute atomic E-state index is 0.330. The predicted molar refractivity (Wildman–Crippen MR) is 77.5 cm³/mol. The van der Waals surface area contributed by atoms with Crippen molar-refractivity contribution in [3.8, 4) is 5.75 Å². The van der Waals surface area contributed by atoms with Crippen molar-refractivity contribution < 1.29 is 9.47 Å². The maximum Gasteiger partial charge on any atom is 0.119 e. The van der Waals surface area contributed by atoms with Crippen LogP contribution in [0.25, 0.3) is 0 Å². The van der Waals surface area contributed by atoms with Gasteiger partial charge in [-0.1, -0.05) is 25.5 Å². The number of hydrogen-bond acceptors (Lipinski definition) is 3. The number of nitrogens with one attached hydrogen (secondary N) is 1. The van der Waals surface area contributed by atoms with Crippen molar-refractivity contribution in [1.82, 2.24) is 5.32 Å². The predicted octanol–water partition coefficient (Wildman–Crippen LogP) is 3.13. The molecule has 0 amide bonds. The van der Waals surface area contributed by atoms with E-state index in [0.29, 0.717) is 12.1 Å². The van der Waals surface area contributed by atoms with Gasteiger partial charge in [0.2, 0.25) is 0 Å². The Morgan fingerprint density at radius 3 is 2.74 bits per heavy atom. The summed E-state index contributed by atoms with van der Waals surface area (Å²) in [6.07, 6.45) is 3.72. The van der Waals surface area contributed by atoms with Gasteiger partial charge in [0.25, 0.3) is 0 Å². The van der Waals surface area contributed by atoms with Crippen molar-refractivity contribution in [3.05, 3.63) is 29.8 Å². The molecular weight excluding hydrogens is 238 g/mol. The lowest BCUT2D eigenvalue weighted by Gasteiger charge is -2.16. The molecule has 0 aromatic heterocycles. The summed E-state index contributed by atoms with van der Waals surface area (Å²) in [5.74, 6) is 0.967. The van der Waals surface area contributed by atoms with E-state index in [4.69, 9.17) is 9.47 Å². The lowest BCUT2D eigenvalue weighted by molar-refractivity contribution is 0.113. The van der Waals surface area contributed by atoms with Crippen molar-refractivity contribution >= 4 is 0 Å². The van der Waals surface area contributed by atoms with E-state index in [1.54, 1.807) is 0 Å². The van der Waals surface area contributed by atoms with Crippen LogP contribution < -0.4 is 10.1 Å². The highest BCUT2D eigenvalue weighted by Crippen LogP contribution is 2.15. The molecule has 0 radical (unpaired) electrons. The minimum atomic E-state index is 0.330. The van der Waals surface area contributed by atoms with E-state index in [-0.39, 0.29) is 0 Å². The van der Waals surface area contributed by atoms with E-state index in [0.717, 1.165) is 38.3 Å². The molecule has 1 aliphatic heterocycles. The molecule has 106 valence electrons. The summed E-state index contributed by atoms with van der Waals surface area (Å²) in [7, 11) is 0. The van der Waals surface area contributed by atoms with Gasteiger partial charge in [0.05, 0.1) is 12.7 Å². The van der Waals surface area contributed by atoms with Crippen molar-refractivity contribution in [3.63, 3.8) is 0 Å². The third-order valence-corrected chi connectivity index (χ3v) is 3.63. The van der Waals surface area contributed by atoms with E-state index in [1.165, 1.54) is 12.0 Å². The molecule has 1 heterocycles. The van der Waals surface area contributed by atoms with Crippen molar-refractivity contribution in [2.24, 2.45) is 0 Å². The molecule has 3 heteroatoms. The van der Waals surface area contributed by atoms with Crippen LogP contribution in [0, 0.1) is 0 Å². The summed E-state index contributed by atoms with van der Waals surface area (Å²) < 4.78 is 11.2. The topological polar surface area (TPSA) is 30.5 Å². The fourth-order valence-electron chi connectivity index (χ4n) is 2.29. The summed E-state index contributed by atoms with van der Waals surface area (Å²) in [6, 6.07) is 8.87. The second-order valence-corrected chi connectivity index (χ2v) is 5.20. The maximum absolute atomic E-state index is 5.66. The van der Waals surface area contributed by atoms with Gasteiger partial charge >= 0.3 is 0 Å². The highest BCUT2D eigenvalue weighted by Gasteiger charge is 2.23. The average Bonchev–Trinajstić information content (AvgIpc) is 2.84. The first-order valence-electron chi connectivity index (χ1n) is 7.36. The lowest BCUT2D eigenvalue weighted by Crippen LogP contribution is -2.34. The number of unbranched alkanes of at least 4 members (excludes halogenated alkanes) is 1. The van der Waals surface area contributed by atoms with Crippen LogP contribution in [-0.2, 0) is 11.3 Å². The minimum Gasteiger partial charge on any atom is -0.494 e. The van der Waals surface area contributed by atoms with E-state index in [9.17, 15) is 0 Å². The lowest BCUT2D eigenvalue weighted by atomic mass is 10.1. The van der Waals surface area contributed by atoms with Gasteiger partial charge in [-0.2, -0.15) is 0 Å². The van der Waals surface area contributed by atoms with E-state index >= 15 is 0 Å². The van der Waals surface area contributed by atoms with Crippen LogP contribution >= 0.6 is 0 Å². The number of ether oxygens (including phenoxy) is 2. The van der Waals surface area contributed by atoms with Crippen LogP contribution in [0.1, 0.15) is 38.7 Å². The van der Waals surface area contributed by atoms with Crippen molar-refractivity contribution in [2.45, 2.75) is 51.8 Å². The molecule has 1 fully saturated rings. The molecule has 1 aliphatic rings. The van der Waals surface area contributed by atoms with Gasteiger partial charge in [0.15, 0.2) is 0 Å².